The predicted octanol–water partition coefficient (Wildman–Crippen LogP) is 4.48. The van der Waals surface area contributed by atoms with Crippen molar-refractivity contribution in [1.29, 1.82) is 0 Å². The van der Waals surface area contributed by atoms with E-state index >= 15 is 0 Å². The van der Waals surface area contributed by atoms with Crippen LogP contribution in [0, 0.1) is 0 Å². The van der Waals surface area contributed by atoms with Crippen LogP contribution in [0.5, 0.6) is 5.75 Å². The quantitative estimate of drug-likeness (QED) is 0.414. The smallest absolute Gasteiger partial charge is 0.244 e. The molecular formula is C27H36BrN3O5S. The first-order chi connectivity index (χ1) is 17.6. The highest BCUT2D eigenvalue weighted by atomic mass is 79.9. The lowest BCUT2D eigenvalue weighted by atomic mass is 9.95. The van der Waals surface area contributed by atoms with Gasteiger partial charge in [0, 0.05) is 17.1 Å². The molecule has 1 aliphatic rings. The number of hydrogen-bond acceptors (Lipinski definition) is 5. The van der Waals surface area contributed by atoms with Crippen molar-refractivity contribution in [1.82, 2.24) is 10.2 Å². The van der Waals surface area contributed by atoms with Gasteiger partial charge < -0.3 is 15.0 Å². The molecule has 1 saturated carbocycles. The monoisotopic (exact) mass is 593 g/mol. The van der Waals surface area contributed by atoms with Gasteiger partial charge in [0.15, 0.2) is 0 Å². The zero-order valence-corrected chi connectivity index (χ0v) is 24.1. The zero-order valence-electron chi connectivity index (χ0n) is 21.7. The number of sulfonamides is 1. The SMILES string of the molecule is CCC(C(=O)NC1CCCCC1)N(Cc1ccc(OC)cc1)C(=O)CN(c1cccc(Br)c1)S(C)(=O)=O. The maximum atomic E-state index is 13.8. The second-order valence-corrected chi connectivity index (χ2v) is 12.2. The van der Waals surface area contributed by atoms with E-state index in [1.165, 1.54) is 11.3 Å². The normalized spacial score (nSPS) is 15.0. The maximum Gasteiger partial charge on any atom is 0.244 e. The molecule has 202 valence electrons. The molecule has 0 saturated heterocycles. The van der Waals surface area contributed by atoms with E-state index in [1.807, 2.05) is 19.1 Å². The predicted molar refractivity (Wildman–Crippen MR) is 149 cm³/mol. The van der Waals surface area contributed by atoms with Crippen molar-refractivity contribution in [3.8, 4) is 5.75 Å². The van der Waals surface area contributed by atoms with Gasteiger partial charge in [-0.3, -0.25) is 13.9 Å². The minimum atomic E-state index is -3.77. The highest BCUT2D eigenvalue weighted by Gasteiger charge is 2.32. The van der Waals surface area contributed by atoms with Crippen molar-refractivity contribution in [2.45, 2.75) is 64.1 Å². The van der Waals surface area contributed by atoms with Gasteiger partial charge in [0.25, 0.3) is 0 Å². The summed E-state index contributed by atoms with van der Waals surface area (Å²) in [5.74, 6) is 0.0260. The summed E-state index contributed by atoms with van der Waals surface area (Å²) in [5, 5.41) is 3.14. The zero-order chi connectivity index (χ0) is 27.0. The molecule has 10 heteroatoms. The van der Waals surface area contributed by atoms with Crippen molar-refractivity contribution in [2.24, 2.45) is 0 Å². The Balaban J connectivity index is 1.91. The van der Waals surface area contributed by atoms with Crippen molar-refractivity contribution in [3.63, 3.8) is 0 Å². The van der Waals surface area contributed by atoms with Crippen LogP contribution >= 0.6 is 15.9 Å². The highest BCUT2D eigenvalue weighted by Crippen LogP contribution is 2.24. The third-order valence-corrected chi connectivity index (χ3v) is 8.26. The molecule has 1 fully saturated rings. The van der Waals surface area contributed by atoms with Crippen LogP contribution in [0.4, 0.5) is 5.69 Å². The standard InChI is InChI=1S/C27H36BrN3O5S/c1-4-25(27(33)29-22-10-6-5-7-11-22)30(18-20-13-15-24(36-2)16-14-20)26(32)19-31(37(3,34)35)23-12-8-9-21(28)17-23/h8-9,12-17,22,25H,4-7,10-11,18-19H2,1-3H3,(H,29,33). The van der Waals surface area contributed by atoms with E-state index in [-0.39, 0.29) is 18.5 Å². The molecule has 0 bridgehead atoms. The molecule has 0 aliphatic heterocycles. The number of anilines is 1. The molecule has 3 rings (SSSR count). The van der Waals surface area contributed by atoms with Crippen molar-refractivity contribution < 1.29 is 22.7 Å². The first-order valence-electron chi connectivity index (χ1n) is 12.6. The van der Waals surface area contributed by atoms with Crippen molar-refractivity contribution in [2.75, 3.05) is 24.2 Å². The largest absolute Gasteiger partial charge is 0.497 e. The summed E-state index contributed by atoms with van der Waals surface area (Å²) in [6.07, 6.45) is 6.65. The Morgan fingerprint density at radius 1 is 1.11 bits per heavy atom. The number of nitrogens with one attached hydrogen (secondary N) is 1. The lowest BCUT2D eigenvalue weighted by molar-refractivity contribution is -0.140. The first-order valence-corrected chi connectivity index (χ1v) is 15.2. The number of methoxy groups -OCH3 is 1. The number of amides is 2. The van der Waals surface area contributed by atoms with Gasteiger partial charge in [-0.1, -0.05) is 60.3 Å². The Morgan fingerprint density at radius 3 is 2.35 bits per heavy atom. The number of carbonyl (C=O) groups is 2. The summed E-state index contributed by atoms with van der Waals surface area (Å²) in [6.45, 7) is 1.61. The highest BCUT2D eigenvalue weighted by molar-refractivity contribution is 9.10. The average Bonchev–Trinajstić information content (AvgIpc) is 2.87. The molecular weight excluding hydrogens is 558 g/mol. The molecule has 1 atom stereocenters. The molecule has 0 aromatic heterocycles. The van der Waals surface area contributed by atoms with Crippen LogP contribution in [0.3, 0.4) is 0 Å². The molecule has 1 unspecified atom stereocenters. The van der Waals surface area contributed by atoms with Gasteiger partial charge in [0.2, 0.25) is 21.8 Å². The molecule has 2 aromatic rings. The summed E-state index contributed by atoms with van der Waals surface area (Å²) >= 11 is 3.37. The van der Waals surface area contributed by atoms with Crippen molar-refractivity contribution in [3.05, 3.63) is 58.6 Å². The van der Waals surface area contributed by atoms with Gasteiger partial charge in [-0.15, -0.1) is 0 Å². The summed E-state index contributed by atoms with van der Waals surface area (Å²) in [6, 6.07) is 13.4. The second kappa shape index (κ2) is 13.3. The molecule has 2 aromatic carbocycles. The molecule has 8 nitrogen and oxygen atoms in total. The van der Waals surface area contributed by atoms with E-state index in [1.54, 1.807) is 43.5 Å². The van der Waals surface area contributed by atoms with Crippen LogP contribution < -0.4 is 14.4 Å². The van der Waals surface area contributed by atoms with Gasteiger partial charge in [-0.05, 0) is 55.2 Å². The summed E-state index contributed by atoms with van der Waals surface area (Å²) in [4.78, 5) is 28.7. The molecule has 1 N–H and O–H groups in total. The number of carbonyl (C=O) groups excluding carboxylic acids is 2. The number of rotatable bonds is 11. The minimum Gasteiger partial charge on any atom is -0.497 e. The van der Waals surface area contributed by atoms with E-state index in [2.05, 4.69) is 21.2 Å². The van der Waals surface area contributed by atoms with Crippen LogP contribution in [0.1, 0.15) is 51.0 Å². The van der Waals surface area contributed by atoms with Crippen molar-refractivity contribution >= 4 is 43.5 Å². The van der Waals surface area contributed by atoms with E-state index in [9.17, 15) is 18.0 Å². The Labute approximate surface area is 228 Å². The molecule has 0 radical (unpaired) electrons. The fourth-order valence-electron chi connectivity index (χ4n) is 4.64. The van der Waals surface area contributed by atoms with Gasteiger partial charge in [0.05, 0.1) is 19.1 Å². The van der Waals surface area contributed by atoms with Gasteiger partial charge >= 0.3 is 0 Å². The van der Waals surface area contributed by atoms with Crippen LogP contribution in [0.15, 0.2) is 53.0 Å². The van der Waals surface area contributed by atoms with Gasteiger partial charge in [-0.2, -0.15) is 0 Å². The first kappa shape index (κ1) is 29.0. The average molecular weight is 595 g/mol. The van der Waals surface area contributed by atoms with Crippen LogP contribution in [0.2, 0.25) is 0 Å². The Hall–Kier alpha value is -2.59. The Kier molecular flexibility index (Phi) is 10.4. The number of hydrogen-bond donors (Lipinski definition) is 1. The lowest BCUT2D eigenvalue weighted by Gasteiger charge is -2.34. The van der Waals surface area contributed by atoms with Gasteiger partial charge in [0.1, 0.15) is 18.3 Å². The molecule has 37 heavy (non-hydrogen) atoms. The van der Waals surface area contributed by atoms with Crippen LogP contribution in [-0.2, 0) is 26.2 Å². The van der Waals surface area contributed by atoms with E-state index in [0.717, 1.165) is 41.8 Å². The summed E-state index contributed by atoms with van der Waals surface area (Å²) < 4.78 is 32.4. The fraction of sp³-hybridized carbons (Fsp3) is 0.481. The molecule has 2 amide bonds. The number of ether oxygens (including phenoxy) is 1. The van der Waals surface area contributed by atoms with E-state index in [0.29, 0.717) is 22.3 Å². The van der Waals surface area contributed by atoms with E-state index in [4.69, 9.17) is 4.74 Å². The number of benzene rings is 2. The molecule has 0 spiro atoms. The van der Waals surface area contributed by atoms with Crippen LogP contribution in [0.25, 0.3) is 0 Å². The second-order valence-electron chi connectivity index (χ2n) is 9.39. The van der Waals surface area contributed by atoms with Crippen LogP contribution in [-0.4, -0.2) is 57.1 Å². The van der Waals surface area contributed by atoms with Gasteiger partial charge in [-0.25, -0.2) is 8.42 Å². The fourth-order valence-corrected chi connectivity index (χ4v) is 5.87. The third-order valence-electron chi connectivity index (χ3n) is 6.62. The molecule has 0 heterocycles. The maximum absolute atomic E-state index is 13.8. The third kappa shape index (κ3) is 8.20. The lowest BCUT2D eigenvalue weighted by Crippen LogP contribution is -2.53. The summed E-state index contributed by atoms with van der Waals surface area (Å²) in [7, 11) is -2.19. The molecule has 1 aliphatic carbocycles. The number of halogens is 1. The summed E-state index contributed by atoms with van der Waals surface area (Å²) in [5.41, 5.74) is 1.18. The Morgan fingerprint density at radius 2 is 1.78 bits per heavy atom. The van der Waals surface area contributed by atoms with E-state index < -0.39 is 28.5 Å². The topological polar surface area (TPSA) is 96.0 Å². The minimum absolute atomic E-state index is 0.0995. The number of nitrogens with zero attached hydrogens (tertiary/aromatic N) is 2. The Bertz CT molecular complexity index is 1170.